The second-order valence-corrected chi connectivity index (χ2v) is 5.60. The molecule has 0 radical (unpaired) electrons. The van der Waals surface area contributed by atoms with Gasteiger partial charge >= 0.3 is 0 Å². The first-order valence-corrected chi connectivity index (χ1v) is 8.62. The van der Waals surface area contributed by atoms with Gasteiger partial charge in [0.15, 0.2) is 5.96 Å². The van der Waals surface area contributed by atoms with Crippen LogP contribution in [0.5, 0.6) is 0 Å². The molecule has 22 heavy (non-hydrogen) atoms. The van der Waals surface area contributed by atoms with Crippen LogP contribution >= 0.6 is 24.0 Å². The van der Waals surface area contributed by atoms with Crippen molar-refractivity contribution in [1.29, 1.82) is 0 Å². The molecule has 132 valence electrons. The van der Waals surface area contributed by atoms with Gasteiger partial charge in [-0.2, -0.15) is 0 Å². The molecule has 2 N–H and O–H groups in total. The topological polar surface area (TPSA) is 48.9 Å². The lowest BCUT2D eigenvalue weighted by Crippen LogP contribution is -2.38. The summed E-state index contributed by atoms with van der Waals surface area (Å²) < 4.78 is 5.35. The maximum absolute atomic E-state index is 5.35. The van der Waals surface area contributed by atoms with Crippen LogP contribution in [-0.2, 0) is 4.74 Å². The third-order valence-electron chi connectivity index (χ3n) is 3.88. The molecule has 0 aliphatic carbocycles. The smallest absolute Gasteiger partial charge is 0.191 e. The van der Waals surface area contributed by atoms with Gasteiger partial charge in [-0.1, -0.05) is 6.92 Å². The highest BCUT2D eigenvalue weighted by Crippen LogP contribution is 2.15. The highest BCUT2D eigenvalue weighted by Gasteiger charge is 2.20. The first kappa shape index (κ1) is 21.9. The highest BCUT2D eigenvalue weighted by atomic mass is 127. The largest absolute Gasteiger partial charge is 0.382 e. The lowest BCUT2D eigenvalue weighted by molar-refractivity contribution is 0.143. The molecule has 1 unspecified atom stereocenters. The summed E-state index contributed by atoms with van der Waals surface area (Å²) in [6, 6.07) is 0. The van der Waals surface area contributed by atoms with Crippen molar-refractivity contribution >= 4 is 29.9 Å². The zero-order valence-corrected chi connectivity index (χ0v) is 16.9. The van der Waals surface area contributed by atoms with Crippen LogP contribution in [-0.4, -0.2) is 63.3 Å². The molecule has 6 heteroatoms. The monoisotopic (exact) mass is 426 g/mol. The van der Waals surface area contributed by atoms with E-state index in [-0.39, 0.29) is 24.0 Å². The number of nitrogens with zero attached hydrogens (tertiary/aromatic N) is 2. The molecule has 1 fully saturated rings. The fourth-order valence-electron chi connectivity index (χ4n) is 2.59. The zero-order valence-electron chi connectivity index (χ0n) is 14.6. The lowest BCUT2D eigenvalue weighted by Gasteiger charge is -2.14. The minimum atomic E-state index is 0. The summed E-state index contributed by atoms with van der Waals surface area (Å²) in [6.45, 7) is 14.5. The normalized spacial score (nSPS) is 19.0. The first-order chi connectivity index (χ1) is 10.3. The van der Waals surface area contributed by atoms with Crippen molar-refractivity contribution < 1.29 is 4.74 Å². The van der Waals surface area contributed by atoms with Crippen LogP contribution in [0.3, 0.4) is 0 Å². The Hall–Kier alpha value is -0.0800. The predicted octanol–water partition coefficient (Wildman–Crippen LogP) is 2.32. The van der Waals surface area contributed by atoms with Crippen LogP contribution in [0, 0.1) is 5.92 Å². The number of unbranched alkanes of at least 4 members (excludes halogenated alkanes) is 1. The van der Waals surface area contributed by atoms with Gasteiger partial charge in [-0.3, -0.25) is 4.99 Å². The van der Waals surface area contributed by atoms with Crippen LogP contribution < -0.4 is 10.6 Å². The number of aliphatic imine (C=N–C) groups is 1. The third kappa shape index (κ3) is 9.84. The van der Waals surface area contributed by atoms with Crippen molar-refractivity contribution in [3.05, 3.63) is 0 Å². The van der Waals surface area contributed by atoms with Gasteiger partial charge in [0.05, 0.1) is 0 Å². The maximum atomic E-state index is 5.35. The summed E-state index contributed by atoms with van der Waals surface area (Å²) in [5.41, 5.74) is 0. The van der Waals surface area contributed by atoms with Gasteiger partial charge in [-0.25, -0.2) is 0 Å². The van der Waals surface area contributed by atoms with Crippen LogP contribution in [0.15, 0.2) is 4.99 Å². The second-order valence-electron chi connectivity index (χ2n) is 5.60. The predicted molar refractivity (Wildman–Crippen MR) is 105 cm³/mol. The summed E-state index contributed by atoms with van der Waals surface area (Å²) in [5, 5.41) is 6.74. The van der Waals surface area contributed by atoms with E-state index in [1.165, 1.54) is 26.1 Å². The Morgan fingerprint density at radius 2 is 2.05 bits per heavy atom. The van der Waals surface area contributed by atoms with Crippen LogP contribution in [0.25, 0.3) is 0 Å². The Morgan fingerprint density at radius 3 is 2.68 bits per heavy atom. The molecule has 1 heterocycles. The summed E-state index contributed by atoms with van der Waals surface area (Å²) in [6.07, 6.45) is 3.51. The average molecular weight is 426 g/mol. The average Bonchev–Trinajstić information content (AvgIpc) is 2.96. The number of hydrogen-bond donors (Lipinski definition) is 2. The van der Waals surface area contributed by atoms with Gasteiger partial charge in [-0.15, -0.1) is 24.0 Å². The minimum absolute atomic E-state index is 0. The van der Waals surface area contributed by atoms with E-state index >= 15 is 0 Å². The standard InChI is InChI=1S/C16H34N4O.HI/c1-4-17-16(18-10-7-8-12-21-6-3)19-13-15-9-11-20(5-2)14-15;/h15H,4-14H2,1-3H3,(H2,17,18,19);1H. The van der Waals surface area contributed by atoms with Crippen LogP contribution in [0.4, 0.5) is 0 Å². The quantitative estimate of drug-likeness (QED) is 0.244. The van der Waals surface area contributed by atoms with E-state index in [4.69, 9.17) is 9.73 Å². The molecule has 0 aromatic rings. The molecule has 0 aromatic heterocycles. The van der Waals surface area contributed by atoms with Gasteiger partial charge < -0.3 is 20.3 Å². The number of halogens is 1. The third-order valence-corrected chi connectivity index (χ3v) is 3.88. The van der Waals surface area contributed by atoms with E-state index in [2.05, 4.69) is 29.4 Å². The summed E-state index contributed by atoms with van der Waals surface area (Å²) >= 11 is 0. The Bertz CT molecular complexity index is 289. The van der Waals surface area contributed by atoms with Crippen molar-refractivity contribution in [2.75, 3.05) is 52.5 Å². The Balaban J connectivity index is 0.00000441. The van der Waals surface area contributed by atoms with E-state index in [0.29, 0.717) is 0 Å². The zero-order chi connectivity index (χ0) is 15.3. The fraction of sp³-hybridized carbons (Fsp3) is 0.938. The molecule has 0 bridgehead atoms. The number of nitrogens with one attached hydrogen (secondary N) is 2. The molecule has 5 nitrogen and oxygen atoms in total. The molecule has 1 saturated heterocycles. The molecule has 1 aliphatic rings. The van der Waals surface area contributed by atoms with Crippen LogP contribution in [0.2, 0.25) is 0 Å². The van der Waals surface area contributed by atoms with E-state index in [1.54, 1.807) is 0 Å². The fourth-order valence-corrected chi connectivity index (χ4v) is 2.59. The molecular weight excluding hydrogens is 391 g/mol. The van der Waals surface area contributed by atoms with E-state index in [9.17, 15) is 0 Å². The molecule has 0 spiro atoms. The molecular formula is C16H35IN4O. The number of ether oxygens (including phenoxy) is 1. The van der Waals surface area contributed by atoms with Crippen molar-refractivity contribution in [2.24, 2.45) is 10.9 Å². The Labute approximate surface area is 153 Å². The maximum Gasteiger partial charge on any atom is 0.191 e. The van der Waals surface area contributed by atoms with Gasteiger partial charge in [-0.05, 0) is 52.1 Å². The van der Waals surface area contributed by atoms with Crippen molar-refractivity contribution in [3.8, 4) is 0 Å². The molecule has 1 rings (SSSR count). The summed E-state index contributed by atoms with van der Waals surface area (Å²) in [5.74, 6) is 1.68. The van der Waals surface area contributed by atoms with Crippen LogP contribution in [0.1, 0.15) is 40.0 Å². The Morgan fingerprint density at radius 1 is 1.23 bits per heavy atom. The molecule has 0 saturated carbocycles. The SMILES string of the molecule is CCNC(=NCC1CCN(CC)C1)NCCCCOCC.I. The summed E-state index contributed by atoms with van der Waals surface area (Å²) in [4.78, 5) is 7.24. The van der Waals surface area contributed by atoms with Gasteiger partial charge in [0.2, 0.25) is 0 Å². The van der Waals surface area contributed by atoms with E-state index in [0.717, 1.165) is 57.6 Å². The minimum Gasteiger partial charge on any atom is -0.382 e. The van der Waals surface area contributed by atoms with Crippen molar-refractivity contribution in [3.63, 3.8) is 0 Å². The number of guanidine groups is 1. The molecule has 1 atom stereocenters. The highest BCUT2D eigenvalue weighted by molar-refractivity contribution is 14.0. The molecule has 0 amide bonds. The van der Waals surface area contributed by atoms with Crippen molar-refractivity contribution in [1.82, 2.24) is 15.5 Å². The summed E-state index contributed by atoms with van der Waals surface area (Å²) in [7, 11) is 0. The van der Waals surface area contributed by atoms with E-state index < -0.39 is 0 Å². The lowest BCUT2D eigenvalue weighted by atomic mass is 10.1. The molecule has 0 aromatic carbocycles. The van der Waals surface area contributed by atoms with Gasteiger partial charge in [0.25, 0.3) is 0 Å². The second kappa shape index (κ2) is 14.5. The van der Waals surface area contributed by atoms with E-state index in [1.807, 2.05) is 6.92 Å². The van der Waals surface area contributed by atoms with Gasteiger partial charge in [0.1, 0.15) is 0 Å². The number of hydrogen-bond acceptors (Lipinski definition) is 3. The Kier molecular flexibility index (Phi) is 14.5. The molecule has 1 aliphatic heterocycles. The first-order valence-electron chi connectivity index (χ1n) is 8.62. The number of rotatable bonds is 10. The number of likely N-dealkylation sites (tertiary alicyclic amines) is 1. The van der Waals surface area contributed by atoms with Crippen molar-refractivity contribution in [2.45, 2.75) is 40.0 Å². The van der Waals surface area contributed by atoms with Gasteiger partial charge in [0, 0.05) is 39.4 Å².